The van der Waals surface area contributed by atoms with Crippen molar-refractivity contribution in [3.05, 3.63) is 34.9 Å². The van der Waals surface area contributed by atoms with E-state index >= 15 is 0 Å². The number of hydrogen-bond donors (Lipinski definition) is 1. The lowest BCUT2D eigenvalue weighted by atomic mass is 9.97. The highest BCUT2D eigenvalue weighted by atomic mass is 35.5. The van der Waals surface area contributed by atoms with Gasteiger partial charge in [-0.1, -0.05) is 23.7 Å². The Balaban J connectivity index is 1.79. The molecule has 0 saturated carbocycles. The molecule has 5 heteroatoms. The summed E-state index contributed by atoms with van der Waals surface area (Å²) in [6.07, 6.45) is 2.05. The number of amides is 1. The summed E-state index contributed by atoms with van der Waals surface area (Å²) in [5.74, 6) is 2.78. The number of thioether (sulfide) groups is 1. The Kier molecular flexibility index (Phi) is 5.09. The second-order valence-electron chi connectivity index (χ2n) is 5.69. The fourth-order valence-electron chi connectivity index (χ4n) is 3.16. The maximum Gasteiger partial charge on any atom is 0.226 e. The van der Waals surface area contributed by atoms with Gasteiger partial charge in [0.25, 0.3) is 0 Å². The van der Waals surface area contributed by atoms with E-state index in [-0.39, 0.29) is 12.0 Å². The Morgan fingerprint density at radius 1 is 1.33 bits per heavy atom. The summed E-state index contributed by atoms with van der Waals surface area (Å²) in [6, 6.07) is 8.01. The van der Waals surface area contributed by atoms with Crippen LogP contribution in [0.25, 0.3) is 0 Å². The van der Waals surface area contributed by atoms with Crippen molar-refractivity contribution < 1.29 is 4.79 Å². The highest BCUT2D eigenvalue weighted by Crippen LogP contribution is 2.30. The van der Waals surface area contributed by atoms with Crippen molar-refractivity contribution in [3.63, 3.8) is 0 Å². The largest absolute Gasteiger partial charge is 0.333 e. The first-order valence-corrected chi connectivity index (χ1v) is 9.13. The molecular formula is C16H21ClN2OS. The number of rotatable bonds is 2. The van der Waals surface area contributed by atoms with Gasteiger partial charge in [0, 0.05) is 30.6 Å². The van der Waals surface area contributed by atoms with Crippen molar-refractivity contribution in [2.75, 3.05) is 31.1 Å². The monoisotopic (exact) mass is 324 g/mol. The zero-order chi connectivity index (χ0) is 14.7. The fraction of sp³-hybridized carbons (Fsp3) is 0.562. The molecule has 1 unspecified atom stereocenters. The van der Waals surface area contributed by atoms with Crippen LogP contribution in [-0.4, -0.2) is 41.9 Å². The van der Waals surface area contributed by atoms with Crippen LogP contribution in [0.15, 0.2) is 24.3 Å². The van der Waals surface area contributed by atoms with Crippen molar-refractivity contribution in [1.29, 1.82) is 0 Å². The molecule has 2 aliphatic heterocycles. The Morgan fingerprint density at radius 2 is 2.14 bits per heavy atom. The summed E-state index contributed by atoms with van der Waals surface area (Å²) < 4.78 is 0. The van der Waals surface area contributed by atoms with Gasteiger partial charge in [0.1, 0.15) is 0 Å². The third-order valence-electron chi connectivity index (χ3n) is 4.33. The first kappa shape index (κ1) is 15.2. The van der Waals surface area contributed by atoms with Crippen LogP contribution >= 0.6 is 23.4 Å². The van der Waals surface area contributed by atoms with Crippen molar-refractivity contribution in [2.45, 2.75) is 18.9 Å². The van der Waals surface area contributed by atoms with E-state index in [9.17, 15) is 4.79 Å². The lowest BCUT2D eigenvalue weighted by Crippen LogP contribution is -2.50. The molecule has 21 heavy (non-hydrogen) atoms. The minimum absolute atomic E-state index is 0.111. The Hall–Kier alpha value is -0.710. The normalized spacial score (nSPS) is 24.0. The Bertz CT molecular complexity index is 505. The average molecular weight is 325 g/mol. The molecule has 0 spiro atoms. The van der Waals surface area contributed by atoms with E-state index in [4.69, 9.17) is 11.6 Å². The zero-order valence-corrected chi connectivity index (χ0v) is 13.6. The van der Waals surface area contributed by atoms with Crippen LogP contribution in [0.5, 0.6) is 0 Å². The molecule has 3 rings (SSSR count). The second kappa shape index (κ2) is 7.03. The quantitative estimate of drug-likeness (QED) is 0.907. The zero-order valence-electron chi connectivity index (χ0n) is 12.1. The molecule has 2 fully saturated rings. The van der Waals surface area contributed by atoms with Gasteiger partial charge < -0.3 is 10.2 Å². The smallest absolute Gasteiger partial charge is 0.226 e. The van der Waals surface area contributed by atoms with Gasteiger partial charge in [-0.25, -0.2) is 0 Å². The molecule has 0 bridgehead atoms. The van der Waals surface area contributed by atoms with Crippen molar-refractivity contribution in [1.82, 2.24) is 10.2 Å². The van der Waals surface area contributed by atoms with Crippen LogP contribution in [0.4, 0.5) is 0 Å². The van der Waals surface area contributed by atoms with E-state index in [2.05, 4.69) is 16.3 Å². The summed E-state index contributed by atoms with van der Waals surface area (Å²) >= 11 is 8.07. The number of carbonyl (C=O) groups is 1. The van der Waals surface area contributed by atoms with Crippen molar-refractivity contribution >= 4 is 29.3 Å². The molecule has 1 atom stereocenters. The van der Waals surface area contributed by atoms with Gasteiger partial charge in [-0.3, -0.25) is 4.79 Å². The number of halogens is 1. The first-order chi connectivity index (χ1) is 10.3. The number of piperazine rings is 1. The van der Waals surface area contributed by atoms with E-state index < -0.39 is 0 Å². The van der Waals surface area contributed by atoms with Crippen LogP contribution in [0.2, 0.25) is 5.02 Å². The lowest BCUT2D eigenvalue weighted by molar-refractivity contribution is -0.139. The maximum absolute atomic E-state index is 12.9. The molecule has 1 aromatic rings. The highest BCUT2D eigenvalue weighted by Gasteiger charge is 2.32. The summed E-state index contributed by atoms with van der Waals surface area (Å²) in [4.78, 5) is 14.9. The number of nitrogens with one attached hydrogen (secondary N) is 1. The van der Waals surface area contributed by atoms with Crippen LogP contribution in [0, 0.1) is 5.92 Å². The molecule has 2 heterocycles. The van der Waals surface area contributed by atoms with Gasteiger partial charge in [0.2, 0.25) is 5.91 Å². The molecule has 1 N–H and O–H groups in total. The lowest BCUT2D eigenvalue weighted by Gasteiger charge is -2.39. The van der Waals surface area contributed by atoms with E-state index in [1.807, 2.05) is 30.0 Å². The van der Waals surface area contributed by atoms with Crippen LogP contribution < -0.4 is 5.32 Å². The summed E-state index contributed by atoms with van der Waals surface area (Å²) in [5.41, 5.74) is 1.13. The van der Waals surface area contributed by atoms with E-state index in [0.717, 1.165) is 54.6 Å². The molecular weight excluding hydrogens is 304 g/mol. The Labute approximate surface area is 135 Å². The topological polar surface area (TPSA) is 32.3 Å². The molecule has 2 saturated heterocycles. The molecule has 114 valence electrons. The number of benzene rings is 1. The summed E-state index contributed by atoms with van der Waals surface area (Å²) in [7, 11) is 0. The van der Waals surface area contributed by atoms with Gasteiger partial charge in [0.15, 0.2) is 0 Å². The van der Waals surface area contributed by atoms with Crippen LogP contribution in [0.3, 0.4) is 0 Å². The number of nitrogens with zero attached hydrogens (tertiary/aromatic N) is 1. The van der Waals surface area contributed by atoms with Crippen LogP contribution in [-0.2, 0) is 4.79 Å². The molecule has 2 aliphatic rings. The van der Waals surface area contributed by atoms with Crippen molar-refractivity contribution in [2.24, 2.45) is 5.92 Å². The van der Waals surface area contributed by atoms with Crippen LogP contribution in [0.1, 0.15) is 24.4 Å². The number of carbonyl (C=O) groups excluding carboxylic acids is 1. The molecule has 1 amide bonds. The molecule has 1 aromatic carbocycles. The van der Waals surface area contributed by atoms with Gasteiger partial charge >= 0.3 is 0 Å². The van der Waals surface area contributed by atoms with E-state index in [0.29, 0.717) is 5.91 Å². The van der Waals surface area contributed by atoms with Gasteiger partial charge in [-0.05, 0) is 42.0 Å². The van der Waals surface area contributed by atoms with E-state index in [1.165, 1.54) is 0 Å². The second-order valence-corrected chi connectivity index (χ2v) is 7.35. The molecule has 0 aromatic heterocycles. The van der Waals surface area contributed by atoms with E-state index in [1.54, 1.807) is 0 Å². The van der Waals surface area contributed by atoms with Gasteiger partial charge in [-0.2, -0.15) is 11.8 Å². The SMILES string of the molecule is O=C(C1CCSCC1)N1CCNCC1c1cccc(Cl)c1. The van der Waals surface area contributed by atoms with Gasteiger partial charge in [-0.15, -0.1) is 0 Å². The third-order valence-corrected chi connectivity index (χ3v) is 5.61. The predicted octanol–water partition coefficient (Wildman–Crippen LogP) is 2.96. The minimum atomic E-state index is 0.111. The predicted molar refractivity (Wildman–Crippen MR) is 88.8 cm³/mol. The third kappa shape index (κ3) is 3.55. The first-order valence-electron chi connectivity index (χ1n) is 7.60. The summed E-state index contributed by atoms with van der Waals surface area (Å²) in [5, 5.41) is 4.14. The molecule has 3 nitrogen and oxygen atoms in total. The average Bonchev–Trinajstić information content (AvgIpc) is 2.55. The number of hydrogen-bond acceptors (Lipinski definition) is 3. The van der Waals surface area contributed by atoms with Crippen molar-refractivity contribution in [3.8, 4) is 0 Å². The minimum Gasteiger partial charge on any atom is -0.333 e. The highest BCUT2D eigenvalue weighted by molar-refractivity contribution is 7.99. The van der Waals surface area contributed by atoms with Gasteiger partial charge in [0.05, 0.1) is 6.04 Å². The molecule has 0 aliphatic carbocycles. The summed E-state index contributed by atoms with van der Waals surface area (Å²) in [6.45, 7) is 2.48. The molecule has 0 radical (unpaired) electrons. The Morgan fingerprint density at radius 3 is 2.90 bits per heavy atom. The standard InChI is InChI=1S/C16H21ClN2OS/c17-14-3-1-2-13(10-14)15-11-18-6-7-19(15)16(20)12-4-8-21-9-5-12/h1-3,10,12,15,18H,4-9,11H2. The maximum atomic E-state index is 12.9. The fourth-order valence-corrected chi connectivity index (χ4v) is 4.46.